The minimum Gasteiger partial charge on any atom is -0.318 e. The van der Waals surface area contributed by atoms with Crippen LogP contribution in [0.4, 0.5) is 0 Å². The minimum absolute atomic E-state index is 0.219. The fraction of sp³-hybridized carbons (Fsp3) is 0.273. The van der Waals surface area contributed by atoms with Crippen molar-refractivity contribution in [3.63, 3.8) is 0 Å². The van der Waals surface area contributed by atoms with Crippen molar-refractivity contribution in [1.29, 1.82) is 0 Å². The highest BCUT2D eigenvalue weighted by molar-refractivity contribution is 6.30. The van der Waals surface area contributed by atoms with Crippen LogP contribution >= 0.6 is 11.6 Å². The van der Waals surface area contributed by atoms with Gasteiger partial charge in [0.1, 0.15) is 0 Å². The molecule has 3 aromatic carbocycles. The third-order valence-corrected chi connectivity index (χ3v) is 7.84. The Balaban J connectivity index is 1.12. The Morgan fingerprint density at radius 3 is 2.41 bits per heavy atom. The molecule has 0 unspecified atom stereocenters. The van der Waals surface area contributed by atoms with Gasteiger partial charge < -0.3 is 4.57 Å². The van der Waals surface area contributed by atoms with Crippen LogP contribution in [0.1, 0.15) is 51.3 Å². The normalized spacial score (nSPS) is 14.6. The number of likely N-dealkylation sites (tertiary alicyclic amines) is 1. The summed E-state index contributed by atoms with van der Waals surface area (Å²) in [5.74, 6) is 0.543. The molecule has 5 nitrogen and oxygen atoms in total. The van der Waals surface area contributed by atoms with E-state index in [4.69, 9.17) is 11.6 Å². The van der Waals surface area contributed by atoms with Crippen LogP contribution in [-0.4, -0.2) is 34.7 Å². The monoisotopic (exact) mass is 538 g/mol. The summed E-state index contributed by atoms with van der Waals surface area (Å²) in [4.78, 5) is 15.2. The average molecular weight is 539 g/mol. The van der Waals surface area contributed by atoms with E-state index in [0.717, 1.165) is 48.2 Å². The SMILES string of the molecule is Cc1cc(/C=N\NC(=O)c2ccc(CN3CCC(Cc4ccccc4)CC3)cc2)c(C)n1-c1cccc(Cl)c1. The molecule has 200 valence electrons. The van der Waals surface area contributed by atoms with Gasteiger partial charge in [0.05, 0.1) is 6.21 Å². The number of hydrogen-bond acceptors (Lipinski definition) is 3. The van der Waals surface area contributed by atoms with Crippen LogP contribution in [0.3, 0.4) is 0 Å². The number of piperidine rings is 1. The largest absolute Gasteiger partial charge is 0.318 e. The van der Waals surface area contributed by atoms with E-state index < -0.39 is 0 Å². The fourth-order valence-electron chi connectivity index (χ4n) is 5.47. The lowest BCUT2D eigenvalue weighted by Crippen LogP contribution is -2.33. The number of carbonyl (C=O) groups is 1. The van der Waals surface area contributed by atoms with E-state index in [9.17, 15) is 4.79 Å². The summed E-state index contributed by atoms with van der Waals surface area (Å²) in [6, 6.07) is 28.5. The van der Waals surface area contributed by atoms with Gasteiger partial charge in [0.2, 0.25) is 0 Å². The topological polar surface area (TPSA) is 49.6 Å². The molecule has 0 atom stereocenters. The highest BCUT2D eigenvalue weighted by atomic mass is 35.5. The second-order valence-corrected chi connectivity index (χ2v) is 10.9. The first kappa shape index (κ1) is 26.9. The predicted molar refractivity (Wildman–Crippen MR) is 160 cm³/mol. The number of nitrogens with one attached hydrogen (secondary N) is 1. The zero-order chi connectivity index (χ0) is 27.2. The highest BCUT2D eigenvalue weighted by Crippen LogP contribution is 2.24. The van der Waals surface area contributed by atoms with E-state index in [0.29, 0.717) is 10.6 Å². The van der Waals surface area contributed by atoms with Crippen molar-refractivity contribution >= 4 is 23.7 Å². The molecule has 1 saturated heterocycles. The molecule has 0 spiro atoms. The zero-order valence-electron chi connectivity index (χ0n) is 22.6. The van der Waals surface area contributed by atoms with E-state index in [-0.39, 0.29) is 5.91 Å². The van der Waals surface area contributed by atoms with Crippen LogP contribution in [-0.2, 0) is 13.0 Å². The van der Waals surface area contributed by atoms with Crippen molar-refractivity contribution in [2.24, 2.45) is 11.0 Å². The van der Waals surface area contributed by atoms with Crippen LogP contribution in [0.2, 0.25) is 5.02 Å². The van der Waals surface area contributed by atoms with Crippen LogP contribution in [0, 0.1) is 19.8 Å². The van der Waals surface area contributed by atoms with E-state index >= 15 is 0 Å². The highest BCUT2D eigenvalue weighted by Gasteiger charge is 2.19. The summed E-state index contributed by atoms with van der Waals surface area (Å²) in [6.45, 7) is 7.22. The number of halogens is 1. The van der Waals surface area contributed by atoms with Gasteiger partial charge in [-0.15, -0.1) is 0 Å². The molecule has 1 amide bonds. The standard InChI is InChI=1S/C33H35ClN4O/c1-24-19-30(25(2)38(24)32-10-6-9-31(34)21-32)22-35-36-33(39)29-13-11-28(12-14-29)23-37-17-15-27(16-18-37)20-26-7-4-3-5-8-26/h3-14,19,21-22,27H,15-18,20,23H2,1-2H3,(H,36,39)/b35-22-. The van der Waals surface area contributed by atoms with Crippen molar-refractivity contribution in [3.05, 3.63) is 124 Å². The van der Waals surface area contributed by atoms with E-state index in [1.54, 1.807) is 6.21 Å². The molecule has 0 radical (unpaired) electrons. The van der Waals surface area contributed by atoms with Gasteiger partial charge in [-0.25, -0.2) is 5.43 Å². The Hall–Kier alpha value is -3.67. The molecule has 1 aliphatic heterocycles. The summed E-state index contributed by atoms with van der Waals surface area (Å²) < 4.78 is 2.12. The van der Waals surface area contributed by atoms with Gasteiger partial charge in [-0.3, -0.25) is 9.69 Å². The van der Waals surface area contributed by atoms with Crippen molar-refractivity contribution in [1.82, 2.24) is 14.9 Å². The van der Waals surface area contributed by atoms with Gasteiger partial charge in [0.25, 0.3) is 5.91 Å². The Bertz CT molecular complexity index is 1430. The Morgan fingerprint density at radius 2 is 1.69 bits per heavy atom. The van der Waals surface area contributed by atoms with E-state index in [1.807, 2.05) is 68.4 Å². The minimum atomic E-state index is -0.219. The third-order valence-electron chi connectivity index (χ3n) is 7.60. The molecule has 1 fully saturated rings. The predicted octanol–water partition coefficient (Wildman–Crippen LogP) is 6.97. The summed E-state index contributed by atoms with van der Waals surface area (Å²) in [5.41, 5.74) is 9.97. The van der Waals surface area contributed by atoms with Crippen LogP contribution in [0.15, 0.2) is 90.0 Å². The van der Waals surface area contributed by atoms with Crippen molar-refractivity contribution in [2.75, 3.05) is 13.1 Å². The molecule has 1 aromatic heterocycles. The number of benzene rings is 3. The van der Waals surface area contributed by atoms with Gasteiger partial charge in [0, 0.05) is 39.8 Å². The number of carbonyl (C=O) groups excluding carboxylic acids is 1. The number of rotatable bonds is 8. The Kier molecular flexibility index (Phi) is 8.60. The first-order chi connectivity index (χ1) is 19.0. The first-order valence-electron chi connectivity index (χ1n) is 13.6. The van der Waals surface area contributed by atoms with Crippen LogP contribution < -0.4 is 5.43 Å². The fourth-order valence-corrected chi connectivity index (χ4v) is 5.66. The Labute approximate surface area is 236 Å². The molecule has 0 aliphatic carbocycles. The van der Waals surface area contributed by atoms with E-state index in [1.165, 1.54) is 30.4 Å². The lowest BCUT2D eigenvalue weighted by Gasteiger charge is -2.32. The second-order valence-electron chi connectivity index (χ2n) is 10.4. The number of aryl methyl sites for hydroxylation is 1. The third kappa shape index (κ3) is 6.86. The maximum atomic E-state index is 12.7. The molecule has 5 rings (SSSR count). The van der Waals surface area contributed by atoms with Gasteiger partial charge in [-0.2, -0.15) is 5.10 Å². The van der Waals surface area contributed by atoms with E-state index in [2.05, 4.69) is 50.3 Å². The number of nitrogens with zero attached hydrogens (tertiary/aromatic N) is 3. The summed E-state index contributed by atoms with van der Waals surface area (Å²) >= 11 is 6.18. The first-order valence-corrected chi connectivity index (χ1v) is 14.0. The molecular weight excluding hydrogens is 504 g/mol. The van der Waals surface area contributed by atoms with Crippen molar-refractivity contribution < 1.29 is 4.79 Å². The number of amides is 1. The smallest absolute Gasteiger partial charge is 0.271 e. The molecule has 0 bridgehead atoms. The molecule has 39 heavy (non-hydrogen) atoms. The van der Waals surface area contributed by atoms with Crippen LogP contribution in [0.25, 0.3) is 5.69 Å². The molecule has 2 heterocycles. The quantitative estimate of drug-likeness (QED) is 0.194. The lowest BCUT2D eigenvalue weighted by molar-refractivity contribution is 0.0955. The van der Waals surface area contributed by atoms with Gasteiger partial charge in [-0.1, -0.05) is 60.1 Å². The van der Waals surface area contributed by atoms with Crippen molar-refractivity contribution in [3.8, 4) is 5.69 Å². The molecule has 0 saturated carbocycles. The summed E-state index contributed by atoms with van der Waals surface area (Å²) in [5, 5.41) is 4.92. The molecule has 6 heteroatoms. The maximum Gasteiger partial charge on any atom is 0.271 e. The number of hydrogen-bond donors (Lipinski definition) is 1. The Morgan fingerprint density at radius 1 is 0.949 bits per heavy atom. The second kappa shape index (κ2) is 12.5. The number of hydrazone groups is 1. The molecule has 1 aliphatic rings. The number of aromatic nitrogens is 1. The summed E-state index contributed by atoms with van der Waals surface area (Å²) in [7, 11) is 0. The lowest BCUT2D eigenvalue weighted by atomic mass is 9.90. The van der Waals surface area contributed by atoms with Gasteiger partial charge in [-0.05, 0) is 99.6 Å². The van der Waals surface area contributed by atoms with Crippen molar-refractivity contribution in [2.45, 2.75) is 39.7 Å². The average Bonchev–Trinajstić information content (AvgIpc) is 3.23. The maximum absolute atomic E-state index is 12.7. The molecule has 1 N–H and O–H groups in total. The molecule has 4 aromatic rings. The zero-order valence-corrected chi connectivity index (χ0v) is 23.4. The van der Waals surface area contributed by atoms with Gasteiger partial charge in [0.15, 0.2) is 0 Å². The van der Waals surface area contributed by atoms with Crippen LogP contribution in [0.5, 0.6) is 0 Å². The molecular formula is C33H35ClN4O. The summed E-state index contributed by atoms with van der Waals surface area (Å²) in [6.07, 6.45) is 5.33. The van der Waals surface area contributed by atoms with Gasteiger partial charge >= 0.3 is 0 Å².